The first kappa shape index (κ1) is 8.16. The number of H-pyrrole nitrogens is 1. The largest absolute Gasteiger partial charge is 0.331 e. The van der Waals surface area contributed by atoms with Crippen LogP contribution in [0.25, 0.3) is 0 Å². The van der Waals surface area contributed by atoms with Crippen LogP contribution >= 0.6 is 0 Å². The van der Waals surface area contributed by atoms with E-state index in [4.69, 9.17) is 5.73 Å². The third kappa shape index (κ3) is 1.03. The van der Waals surface area contributed by atoms with Crippen molar-refractivity contribution < 1.29 is 0 Å². The Morgan fingerprint density at radius 2 is 2.14 bits per heavy atom. The summed E-state index contributed by atoms with van der Waals surface area (Å²) in [7, 11) is 0. The van der Waals surface area contributed by atoms with E-state index in [9.17, 15) is 0 Å². The quantitative estimate of drug-likeness (QED) is 0.639. The number of fused-ring (bicyclic) bond motifs is 2. The van der Waals surface area contributed by atoms with Gasteiger partial charge < -0.3 is 10.6 Å². The molecule has 14 heavy (non-hydrogen) atoms. The first-order chi connectivity index (χ1) is 6.86. The number of tetrazole rings is 1. The van der Waals surface area contributed by atoms with Crippen molar-refractivity contribution >= 4 is 5.95 Å². The SMILES string of the molecule is N[C@@H]1CC[C@H]2CC[C@@H]1N2c1nn[nH]n1. The highest BCUT2D eigenvalue weighted by Crippen LogP contribution is 2.36. The zero-order valence-corrected chi connectivity index (χ0v) is 7.93. The van der Waals surface area contributed by atoms with Gasteiger partial charge in [-0.1, -0.05) is 5.10 Å². The highest BCUT2D eigenvalue weighted by molar-refractivity contribution is 5.36. The molecule has 2 aliphatic rings. The molecule has 3 atom stereocenters. The van der Waals surface area contributed by atoms with Crippen molar-refractivity contribution in [3.8, 4) is 0 Å². The fourth-order valence-electron chi connectivity index (χ4n) is 2.77. The van der Waals surface area contributed by atoms with Gasteiger partial charge >= 0.3 is 0 Å². The summed E-state index contributed by atoms with van der Waals surface area (Å²) in [5.41, 5.74) is 6.08. The standard InChI is InChI=1S/C8H14N6/c9-6-3-1-5-2-4-7(6)14(5)8-10-12-13-11-8/h5-7H,1-4,9H2,(H,10,11,12,13)/t5-,6+,7-/m0/s1. The summed E-state index contributed by atoms with van der Waals surface area (Å²) in [6, 6.07) is 1.27. The van der Waals surface area contributed by atoms with Gasteiger partial charge in [-0.3, -0.25) is 0 Å². The summed E-state index contributed by atoms with van der Waals surface area (Å²) in [6.45, 7) is 0. The van der Waals surface area contributed by atoms with E-state index in [1.165, 1.54) is 12.8 Å². The van der Waals surface area contributed by atoms with Crippen molar-refractivity contribution in [3.63, 3.8) is 0 Å². The van der Waals surface area contributed by atoms with Crippen molar-refractivity contribution in [2.75, 3.05) is 4.90 Å². The van der Waals surface area contributed by atoms with Gasteiger partial charge in [0.15, 0.2) is 0 Å². The molecule has 2 aliphatic heterocycles. The lowest BCUT2D eigenvalue weighted by Crippen LogP contribution is -2.51. The molecule has 0 radical (unpaired) electrons. The molecule has 0 aromatic carbocycles. The van der Waals surface area contributed by atoms with Crippen LogP contribution < -0.4 is 10.6 Å². The van der Waals surface area contributed by atoms with Gasteiger partial charge in [-0.15, -0.1) is 5.10 Å². The number of rotatable bonds is 1. The van der Waals surface area contributed by atoms with Gasteiger partial charge in [-0.2, -0.15) is 5.21 Å². The second kappa shape index (κ2) is 2.91. The number of anilines is 1. The van der Waals surface area contributed by atoms with E-state index >= 15 is 0 Å². The molecule has 76 valence electrons. The lowest BCUT2D eigenvalue weighted by molar-refractivity contribution is 0.406. The van der Waals surface area contributed by atoms with E-state index < -0.39 is 0 Å². The number of hydrogen-bond donors (Lipinski definition) is 2. The molecule has 0 saturated carbocycles. The maximum absolute atomic E-state index is 6.08. The number of piperidine rings is 1. The van der Waals surface area contributed by atoms with E-state index in [1.54, 1.807) is 0 Å². The molecule has 0 amide bonds. The van der Waals surface area contributed by atoms with Crippen LogP contribution in [0.2, 0.25) is 0 Å². The Bertz CT molecular complexity index is 310. The fraction of sp³-hybridized carbons (Fsp3) is 0.875. The third-order valence-corrected chi connectivity index (χ3v) is 3.44. The smallest absolute Gasteiger partial charge is 0.266 e. The van der Waals surface area contributed by atoms with Crippen LogP contribution in [0.15, 0.2) is 0 Å². The Labute approximate surface area is 81.8 Å². The lowest BCUT2D eigenvalue weighted by Gasteiger charge is -2.37. The molecule has 2 bridgehead atoms. The van der Waals surface area contributed by atoms with E-state index in [-0.39, 0.29) is 6.04 Å². The predicted molar refractivity (Wildman–Crippen MR) is 50.7 cm³/mol. The maximum Gasteiger partial charge on any atom is 0.266 e. The number of nitrogens with one attached hydrogen (secondary N) is 1. The molecule has 6 heteroatoms. The lowest BCUT2D eigenvalue weighted by atomic mass is 9.99. The second-order valence-electron chi connectivity index (χ2n) is 4.16. The van der Waals surface area contributed by atoms with Crippen LogP contribution in [0, 0.1) is 0 Å². The van der Waals surface area contributed by atoms with Crippen molar-refractivity contribution in [2.45, 2.75) is 43.8 Å². The summed E-state index contributed by atoms with van der Waals surface area (Å²) >= 11 is 0. The van der Waals surface area contributed by atoms with Crippen molar-refractivity contribution in [1.82, 2.24) is 20.6 Å². The number of aromatic nitrogens is 4. The summed E-state index contributed by atoms with van der Waals surface area (Å²) in [5.74, 6) is 0.715. The van der Waals surface area contributed by atoms with E-state index in [0.717, 1.165) is 12.8 Å². The molecule has 0 unspecified atom stereocenters. The van der Waals surface area contributed by atoms with E-state index in [2.05, 4.69) is 25.5 Å². The van der Waals surface area contributed by atoms with Gasteiger partial charge in [0.05, 0.1) is 0 Å². The van der Waals surface area contributed by atoms with Crippen LogP contribution in [0.5, 0.6) is 0 Å². The molecular formula is C8H14N6. The Morgan fingerprint density at radius 3 is 2.93 bits per heavy atom. The van der Waals surface area contributed by atoms with Gasteiger partial charge in [0.2, 0.25) is 0 Å². The monoisotopic (exact) mass is 194 g/mol. The van der Waals surface area contributed by atoms with Gasteiger partial charge in [0, 0.05) is 18.1 Å². The fourth-order valence-corrected chi connectivity index (χ4v) is 2.77. The van der Waals surface area contributed by atoms with E-state index in [1.807, 2.05) is 0 Å². The molecule has 0 spiro atoms. The van der Waals surface area contributed by atoms with Gasteiger partial charge in [0.1, 0.15) is 0 Å². The van der Waals surface area contributed by atoms with E-state index in [0.29, 0.717) is 18.0 Å². The first-order valence-corrected chi connectivity index (χ1v) is 5.13. The molecule has 1 aromatic heterocycles. The minimum atomic E-state index is 0.271. The second-order valence-corrected chi connectivity index (χ2v) is 4.16. The van der Waals surface area contributed by atoms with Crippen molar-refractivity contribution in [2.24, 2.45) is 5.73 Å². The zero-order valence-electron chi connectivity index (χ0n) is 7.93. The molecule has 0 aliphatic carbocycles. The molecule has 3 rings (SSSR count). The zero-order chi connectivity index (χ0) is 9.54. The van der Waals surface area contributed by atoms with Crippen LogP contribution in [0.1, 0.15) is 25.7 Å². The van der Waals surface area contributed by atoms with Crippen LogP contribution in [0.3, 0.4) is 0 Å². The Morgan fingerprint density at radius 1 is 1.29 bits per heavy atom. The Balaban J connectivity index is 1.93. The molecular weight excluding hydrogens is 180 g/mol. The van der Waals surface area contributed by atoms with Gasteiger partial charge in [0.25, 0.3) is 5.95 Å². The molecule has 1 aromatic rings. The summed E-state index contributed by atoms with van der Waals surface area (Å²) < 4.78 is 0. The maximum atomic E-state index is 6.08. The summed E-state index contributed by atoms with van der Waals surface area (Å²) in [5, 5.41) is 14.2. The minimum absolute atomic E-state index is 0.271. The van der Waals surface area contributed by atoms with Crippen molar-refractivity contribution in [3.05, 3.63) is 0 Å². The number of hydrogen-bond acceptors (Lipinski definition) is 5. The van der Waals surface area contributed by atoms with Gasteiger partial charge in [-0.25, -0.2) is 0 Å². The number of nitrogens with zero attached hydrogens (tertiary/aromatic N) is 4. The Kier molecular flexibility index (Phi) is 1.70. The number of aromatic amines is 1. The van der Waals surface area contributed by atoms with Crippen LogP contribution in [0.4, 0.5) is 5.95 Å². The van der Waals surface area contributed by atoms with Gasteiger partial charge in [-0.05, 0) is 30.9 Å². The Hall–Kier alpha value is -1.17. The van der Waals surface area contributed by atoms with Crippen LogP contribution in [-0.4, -0.2) is 38.7 Å². The highest BCUT2D eigenvalue weighted by Gasteiger charge is 2.42. The molecule has 3 N–H and O–H groups in total. The topological polar surface area (TPSA) is 83.7 Å². The minimum Gasteiger partial charge on any atom is -0.331 e. The predicted octanol–water partition coefficient (Wildman–Crippen LogP) is -0.342. The first-order valence-electron chi connectivity index (χ1n) is 5.13. The molecule has 6 nitrogen and oxygen atoms in total. The molecule has 3 heterocycles. The third-order valence-electron chi connectivity index (χ3n) is 3.44. The molecule has 2 saturated heterocycles. The van der Waals surface area contributed by atoms with Crippen LogP contribution in [-0.2, 0) is 0 Å². The summed E-state index contributed by atoms with van der Waals surface area (Å²) in [4.78, 5) is 2.25. The van der Waals surface area contributed by atoms with Crippen molar-refractivity contribution in [1.29, 1.82) is 0 Å². The normalized spacial score (nSPS) is 36.4. The highest BCUT2D eigenvalue weighted by atomic mass is 15.5. The average molecular weight is 194 g/mol. The average Bonchev–Trinajstić information content (AvgIpc) is 2.79. The number of nitrogens with two attached hydrogens (primary N) is 1. The summed E-state index contributed by atoms with van der Waals surface area (Å²) in [6.07, 6.45) is 4.67. The molecule has 2 fully saturated rings.